The highest BCUT2D eigenvalue weighted by atomic mass is 35.5. The number of nitriles is 1. The molecule has 1 aliphatic heterocycles. The average molecular weight is 531 g/mol. The maximum absolute atomic E-state index is 13.7. The number of halogens is 3. The van der Waals surface area contributed by atoms with Crippen LogP contribution in [0.1, 0.15) is 27.9 Å². The molecule has 1 aromatic heterocycles. The van der Waals surface area contributed by atoms with Gasteiger partial charge in [0.1, 0.15) is 6.04 Å². The third kappa shape index (κ3) is 5.34. The third-order valence-electron chi connectivity index (χ3n) is 6.44. The van der Waals surface area contributed by atoms with Gasteiger partial charge in [-0.15, -0.1) is 0 Å². The molecule has 0 saturated carbocycles. The van der Waals surface area contributed by atoms with E-state index in [1.165, 1.54) is 12.3 Å². The van der Waals surface area contributed by atoms with Gasteiger partial charge in [-0.2, -0.15) is 5.26 Å². The Morgan fingerprint density at radius 3 is 2.58 bits per heavy atom. The van der Waals surface area contributed by atoms with Gasteiger partial charge < -0.3 is 10.2 Å². The van der Waals surface area contributed by atoms with Gasteiger partial charge in [0.2, 0.25) is 5.91 Å². The lowest BCUT2D eigenvalue weighted by Gasteiger charge is -2.19. The van der Waals surface area contributed by atoms with Gasteiger partial charge in [0, 0.05) is 23.0 Å². The molecular formula is C29H21ClF2N4O2. The van der Waals surface area contributed by atoms with Crippen LogP contribution in [0.15, 0.2) is 66.9 Å². The van der Waals surface area contributed by atoms with Gasteiger partial charge in [0.15, 0.2) is 0 Å². The molecule has 2 heterocycles. The molecule has 1 fully saturated rings. The number of benzene rings is 3. The Kier molecular flexibility index (Phi) is 6.79. The Hall–Kier alpha value is -4.35. The number of nitrogens with zero attached hydrogens (tertiary/aromatic N) is 3. The van der Waals surface area contributed by atoms with Crippen LogP contribution in [0.4, 0.5) is 8.78 Å². The van der Waals surface area contributed by atoms with Crippen LogP contribution in [0.5, 0.6) is 0 Å². The SMILES string of the molecule is N#CC1CC(F)(F)CN1C(=O)CNC(=O)c1ccnc2ccc(C=Cc3ccc4cc(Cl)ccc4c3)cc12. The van der Waals surface area contributed by atoms with Crippen LogP contribution in [0, 0.1) is 11.3 Å². The van der Waals surface area contributed by atoms with Crippen molar-refractivity contribution in [1.29, 1.82) is 5.26 Å². The maximum atomic E-state index is 13.7. The van der Waals surface area contributed by atoms with Crippen molar-refractivity contribution in [3.63, 3.8) is 0 Å². The summed E-state index contributed by atoms with van der Waals surface area (Å²) >= 11 is 6.06. The third-order valence-corrected chi connectivity index (χ3v) is 6.68. The summed E-state index contributed by atoms with van der Waals surface area (Å²) in [5, 5.41) is 15.0. The van der Waals surface area contributed by atoms with E-state index < -0.39 is 43.3 Å². The predicted molar refractivity (Wildman–Crippen MR) is 143 cm³/mol. The largest absolute Gasteiger partial charge is 0.343 e. The van der Waals surface area contributed by atoms with E-state index in [9.17, 15) is 18.4 Å². The van der Waals surface area contributed by atoms with E-state index in [2.05, 4.69) is 10.3 Å². The van der Waals surface area contributed by atoms with Crippen LogP contribution in [-0.2, 0) is 4.79 Å². The van der Waals surface area contributed by atoms with E-state index in [4.69, 9.17) is 16.9 Å². The second-order valence-corrected chi connectivity index (χ2v) is 9.57. The number of amides is 2. The zero-order chi connectivity index (χ0) is 26.9. The Labute approximate surface area is 222 Å². The van der Waals surface area contributed by atoms with Crippen molar-refractivity contribution in [3.05, 3.63) is 88.6 Å². The van der Waals surface area contributed by atoms with Crippen LogP contribution >= 0.6 is 11.6 Å². The Morgan fingerprint density at radius 2 is 1.79 bits per heavy atom. The number of pyridine rings is 1. The van der Waals surface area contributed by atoms with E-state index in [-0.39, 0.29) is 0 Å². The zero-order valence-corrected chi connectivity index (χ0v) is 20.8. The van der Waals surface area contributed by atoms with Gasteiger partial charge in [-0.1, -0.05) is 48.0 Å². The molecule has 0 spiro atoms. The minimum absolute atomic E-state index is 0.296. The molecule has 0 aliphatic carbocycles. The molecule has 1 saturated heterocycles. The lowest BCUT2D eigenvalue weighted by molar-refractivity contribution is -0.131. The first-order valence-electron chi connectivity index (χ1n) is 11.8. The van der Waals surface area contributed by atoms with E-state index in [1.54, 1.807) is 12.1 Å². The number of aromatic nitrogens is 1. The smallest absolute Gasteiger partial charge is 0.268 e. The van der Waals surface area contributed by atoms with Gasteiger partial charge in [0.05, 0.1) is 30.2 Å². The van der Waals surface area contributed by atoms with E-state index in [0.29, 0.717) is 21.5 Å². The molecule has 6 nitrogen and oxygen atoms in total. The zero-order valence-electron chi connectivity index (χ0n) is 20.0. The summed E-state index contributed by atoms with van der Waals surface area (Å²) in [6.45, 7) is -1.33. The monoisotopic (exact) mass is 530 g/mol. The van der Waals surface area contributed by atoms with E-state index in [0.717, 1.165) is 26.8 Å². The van der Waals surface area contributed by atoms with Crippen LogP contribution in [0.2, 0.25) is 5.02 Å². The number of likely N-dealkylation sites (tertiary alicyclic amines) is 1. The minimum Gasteiger partial charge on any atom is -0.343 e. The van der Waals surface area contributed by atoms with Gasteiger partial charge in [-0.05, 0) is 58.3 Å². The first-order valence-corrected chi connectivity index (χ1v) is 12.2. The molecule has 0 radical (unpaired) electrons. The topological polar surface area (TPSA) is 86.1 Å². The van der Waals surface area contributed by atoms with Crippen molar-refractivity contribution in [1.82, 2.24) is 15.2 Å². The summed E-state index contributed by atoms with van der Waals surface area (Å²) in [5.41, 5.74) is 2.71. The maximum Gasteiger partial charge on any atom is 0.268 e. The Balaban J connectivity index is 1.33. The molecule has 1 unspecified atom stereocenters. The molecule has 3 aromatic carbocycles. The summed E-state index contributed by atoms with van der Waals surface area (Å²) in [5.74, 6) is -4.40. The lowest BCUT2D eigenvalue weighted by atomic mass is 10.0. The Morgan fingerprint density at radius 1 is 1.08 bits per heavy atom. The molecule has 190 valence electrons. The fraction of sp³-hybridized carbons (Fsp3) is 0.172. The summed E-state index contributed by atoms with van der Waals surface area (Å²) in [7, 11) is 0. The van der Waals surface area contributed by atoms with Gasteiger partial charge in [-0.25, -0.2) is 8.78 Å². The second-order valence-electron chi connectivity index (χ2n) is 9.13. The molecule has 1 atom stereocenters. The Bertz CT molecular complexity index is 1650. The number of hydrogen-bond donors (Lipinski definition) is 1. The van der Waals surface area contributed by atoms with Crippen molar-refractivity contribution in [2.45, 2.75) is 18.4 Å². The summed E-state index contributed by atoms with van der Waals surface area (Å²) in [6, 6.07) is 19.3. The first kappa shape index (κ1) is 25.3. The van der Waals surface area contributed by atoms with Crippen molar-refractivity contribution < 1.29 is 18.4 Å². The van der Waals surface area contributed by atoms with E-state index >= 15 is 0 Å². The molecule has 9 heteroatoms. The standard InChI is InChI=1S/C29H21ClF2N4O2/c30-22-7-6-20-11-18(3-5-21(20)13-22)1-2-19-4-8-26-25(12-19)24(9-10-34-26)28(38)35-16-27(37)36-17-29(31,32)14-23(36)15-33/h1-13,23H,14,16-17H2,(H,35,38). The second kappa shape index (κ2) is 10.2. The van der Waals surface area contributed by atoms with Gasteiger partial charge in [-0.3, -0.25) is 14.6 Å². The molecule has 0 bridgehead atoms. The van der Waals surface area contributed by atoms with Gasteiger partial charge >= 0.3 is 0 Å². The summed E-state index contributed by atoms with van der Waals surface area (Å²) < 4.78 is 27.3. The number of carbonyl (C=O) groups excluding carboxylic acids is 2. The normalized spacial score (nSPS) is 16.7. The number of alkyl halides is 2. The molecule has 5 rings (SSSR count). The van der Waals surface area contributed by atoms with Crippen molar-refractivity contribution in [3.8, 4) is 6.07 Å². The highest BCUT2D eigenvalue weighted by molar-refractivity contribution is 6.31. The fourth-order valence-corrected chi connectivity index (χ4v) is 4.72. The van der Waals surface area contributed by atoms with E-state index in [1.807, 2.05) is 60.7 Å². The van der Waals surface area contributed by atoms with Crippen molar-refractivity contribution in [2.24, 2.45) is 0 Å². The number of nitrogens with one attached hydrogen (secondary N) is 1. The van der Waals surface area contributed by atoms with Crippen LogP contribution in [0.25, 0.3) is 33.8 Å². The molecule has 2 amide bonds. The predicted octanol–water partition coefficient (Wildman–Crippen LogP) is 5.70. The van der Waals surface area contributed by atoms with Gasteiger partial charge in [0.25, 0.3) is 11.8 Å². The van der Waals surface area contributed by atoms with Crippen LogP contribution in [-0.4, -0.2) is 46.8 Å². The van der Waals surface area contributed by atoms with Crippen molar-refractivity contribution >= 4 is 57.2 Å². The number of rotatable bonds is 5. The molecule has 38 heavy (non-hydrogen) atoms. The highest BCUT2D eigenvalue weighted by Crippen LogP contribution is 2.31. The van der Waals surface area contributed by atoms with Crippen LogP contribution < -0.4 is 5.32 Å². The summed E-state index contributed by atoms with van der Waals surface area (Å²) in [4.78, 5) is 30.5. The number of fused-ring (bicyclic) bond motifs is 2. The lowest BCUT2D eigenvalue weighted by Crippen LogP contribution is -2.43. The van der Waals surface area contributed by atoms with Crippen molar-refractivity contribution in [2.75, 3.05) is 13.1 Å². The average Bonchev–Trinajstić information content (AvgIpc) is 3.24. The number of carbonyl (C=O) groups is 2. The van der Waals surface area contributed by atoms with Crippen LogP contribution in [0.3, 0.4) is 0 Å². The highest BCUT2D eigenvalue weighted by Gasteiger charge is 2.47. The number of hydrogen-bond acceptors (Lipinski definition) is 4. The molecule has 4 aromatic rings. The molecule has 1 aliphatic rings. The minimum atomic E-state index is -3.12. The first-order chi connectivity index (χ1) is 18.2. The summed E-state index contributed by atoms with van der Waals surface area (Å²) in [6.07, 6.45) is 4.66. The molecular weight excluding hydrogens is 510 g/mol. The molecule has 1 N–H and O–H groups in total. The quantitative estimate of drug-likeness (QED) is 0.335. The fourth-order valence-electron chi connectivity index (χ4n) is 4.54.